The van der Waals surface area contributed by atoms with Crippen molar-refractivity contribution in [1.29, 1.82) is 0 Å². The lowest BCUT2D eigenvalue weighted by Gasteiger charge is -2.13. The minimum Gasteiger partial charge on any atom is -0.308 e. The second-order valence-corrected chi connectivity index (χ2v) is 8.90. The SMILES string of the molecule is O=C=NCc1cccc(NC(=O)Nc2ccc(Cc3ccccc3NC(=O)Nc3cccc(CN=C=O)c3)cc2)c1. The van der Waals surface area contributed by atoms with Crippen LogP contribution in [-0.2, 0) is 29.1 Å². The predicted molar refractivity (Wildman–Crippen MR) is 158 cm³/mol. The van der Waals surface area contributed by atoms with E-state index in [9.17, 15) is 19.2 Å². The van der Waals surface area contributed by atoms with E-state index in [0.29, 0.717) is 29.2 Å². The van der Waals surface area contributed by atoms with Gasteiger partial charge in [0.2, 0.25) is 12.2 Å². The number of carbonyl (C=O) groups is 2. The molecular formula is C31H26N6O4. The van der Waals surface area contributed by atoms with E-state index in [1.54, 1.807) is 60.7 Å². The number of aliphatic imine (C=N–C) groups is 2. The molecule has 0 atom stereocenters. The average molecular weight is 547 g/mol. The maximum absolute atomic E-state index is 12.7. The highest BCUT2D eigenvalue weighted by molar-refractivity contribution is 6.00. The summed E-state index contributed by atoms with van der Waals surface area (Å²) in [6.45, 7) is 0.383. The highest BCUT2D eigenvalue weighted by Gasteiger charge is 2.09. The molecule has 0 radical (unpaired) electrons. The molecule has 0 spiro atoms. The minimum absolute atomic E-state index is 0.190. The van der Waals surface area contributed by atoms with Gasteiger partial charge in [0.15, 0.2) is 0 Å². The molecule has 0 heterocycles. The lowest BCUT2D eigenvalue weighted by atomic mass is 10.0. The molecule has 0 saturated heterocycles. The van der Waals surface area contributed by atoms with Crippen molar-refractivity contribution in [3.8, 4) is 0 Å². The fourth-order valence-corrected chi connectivity index (χ4v) is 4.04. The molecule has 4 amide bonds. The van der Waals surface area contributed by atoms with Gasteiger partial charge < -0.3 is 21.3 Å². The fraction of sp³-hybridized carbons (Fsp3) is 0.0968. The molecule has 0 aliphatic carbocycles. The van der Waals surface area contributed by atoms with Crippen molar-refractivity contribution in [3.05, 3.63) is 119 Å². The van der Waals surface area contributed by atoms with Crippen molar-refractivity contribution in [2.24, 2.45) is 9.98 Å². The fourth-order valence-electron chi connectivity index (χ4n) is 4.04. The molecule has 0 aromatic heterocycles. The van der Waals surface area contributed by atoms with Gasteiger partial charge in [0, 0.05) is 22.7 Å². The van der Waals surface area contributed by atoms with E-state index in [1.807, 2.05) is 36.4 Å². The highest BCUT2D eigenvalue weighted by atomic mass is 16.2. The molecule has 4 N–H and O–H groups in total. The van der Waals surface area contributed by atoms with Crippen molar-refractivity contribution >= 4 is 47.0 Å². The smallest absolute Gasteiger partial charge is 0.308 e. The van der Waals surface area contributed by atoms with E-state index in [0.717, 1.165) is 22.3 Å². The molecular weight excluding hydrogens is 520 g/mol. The Bertz CT molecular complexity index is 1620. The number of isocyanates is 2. The number of nitrogens with zero attached hydrogens (tertiary/aromatic N) is 2. The number of hydrogen-bond donors (Lipinski definition) is 4. The first-order valence-corrected chi connectivity index (χ1v) is 12.6. The zero-order valence-corrected chi connectivity index (χ0v) is 21.9. The summed E-state index contributed by atoms with van der Waals surface area (Å²) < 4.78 is 0. The van der Waals surface area contributed by atoms with Crippen molar-refractivity contribution in [2.75, 3.05) is 21.3 Å². The molecule has 10 nitrogen and oxygen atoms in total. The normalized spacial score (nSPS) is 9.95. The van der Waals surface area contributed by atoms with Gasteiger partial charge in [0.1, 0.15) is 0 Å². The molecule has 4 rings (SSSR count). The number of rotatable bonds is 10. The van der Waals surface area contributed by atoms with Crippen LogP contribution in [0.15, 0.2) is 107 Å². The second-order valence-electron chi connectivity index (χ2n) is 8.90. The Morgan fingerprint density at radius 3 is 1.68 bits per heavy atom. The van der Waals surface area contributed by atoms with E-state index in [1.165, 1.54) is 12.2 Å². The molecule has 0 saturated carbocycles. The van der Waals surface area contributed by atoms with E-state index >= 15 is 0 Å². The Labute approximate surface area is 236 Å². The van der Waals surface area contributed by atoms with Gasteiger partial charge in [-0.15, -0.1) is 0 Å². The van der Waals surface area contributed by atoms with Crippen LogP contribution >= 0.6 is 0 Å². The third kappa shape index (κ3) is 8.87. The molecule has 4 aromatic carbocycles. The number of hydrogen-bond acceptors (Lipinski definition) is 6. The molecule has 0 bridgehead atoms. The summed E-state index contributed by atoms with van der Waals surface area (Å²) in [7, 11) is 0. The number of amides is 4. The van der Waals surface area contributed by atoms with E-state index in [2.05, 4.69) is 31.3 Å². The Balaban J connectivity index is 1.34. The summed E-state index contributed by atoms with van der Waals surface area (Å²) in [5, 5.41) is 11.2. The van der Waals surface area contributed by atoms with Crippen LogP contribution in [0.1, 0.15) is 22.3 Å². The first-order chi connectivity index (χ1) is 20.0. The molecule has 0 unspecified atom stereocenters. The van der Waals surface area contributed by atoms with Crippen molar-refractivity contribution in [3.63, 3.8) is 0 Å². The van der Waals surface area contributed by atoms with Crippen LogP contribution in [0.25, 0.3) is 0 Å². The van der Waals surface area contributed by atoms with Gasteiger partial charge in [-0.05, 0) is 71.1 Å². The molecule has 204 valence electrons. The van der Waals surface area contributed by atoms with Crippen LogP contribution < -0.4 is 21.3 Å². The lowest BCUT2D eigenvalue weighted by molar-refractivity contribution is 0.261. The summed E-state index contributed by atoms with van der Waals surface area (Å²) in [5.41, 5.74) is 5.87. The Kier molecular flexibility index (Phi) is 9.88. The maximum Gasteiger partial charge on any atom is 0.323 e. The Morgan fingerprint density at radius 1 is 0.561 bits per heavy atom. The standard InChI is InChI=1S/C31H26N6O4/c38-20-32-18-23-5-3-8-27(16-23)35-30(40)34-26-13-11-22(12-14-26)15-25-7-1-2-10-29(25)37-31(41)36-28-9-4-6-24(17-28)19-33-21-39/h1-14,16-17H,15,18-19H2,(H2,34,35,40)(H2,36,37,41). The molecule has 0 aliphatic rings. The third-order valence-corrected chi connectivity index (χ3v) is 5.89. The summed E-state index contributed by atoms with van der Waals surface area (Å²) in [6.07, 6.45) is 3.56. The lowest BCUT2D eigenvalue weighted by Crippen LogP contribution is -2.20. The van der Waals surface area contributed by atoms with Crippen LogP contribution in [0.3, 0.4) is 0 Å². The van der Waals surface area contributed by atoms with Gasteiger partial charge in [-0.1, -0.05) is 54.6 Å². The highest BCUT2D eigenvalue weighted by Crippen LogP contribution is 2.21. The van der Waals surface area contributed by atoms with Crippen molar-refractivity contribution < 1.29 is 19.2 Å². The average Bonchev–Trinajstić information content (AvgIpc) is 2.97. The van der Waals surface area contributed by atoms with Crippen LogP contribution in [-0.4, -0.2) is 24.2 Å². The molecule has 0 fully saturated rings. The van der Waals surface area contributed by atoms with Gasteiger partial charge in [0.05, 0.1) is 13.1 Å². The van der Waals surface area contributed by atoms with Gasteiger partial charge in [-0.2, -0.15) is 0 Å². The van der Waals surface area contributed by atoms with E-state index in [4.69, 9.17) is 0 Å². The zero-order valence-electron chi connectivity index (χ0n) is 21.9. The van der Waals surface area contributed by atoms with Crippen molar-refractivity contribution in [2.45, 2.75) is 19.5 Å². The summed E-state index contributed by atoms with van der Waals surface area (Å²) in [4.78, 5) is 52.9. The minimum atomic E-state index is -0.406. The summed E-state index contributed by atoms with van der Waals surface area (Å²) in [6, 6.07) is 28.2. The number of nitrogens with one attached hydrogen (secondary N) is 4. The summed E-state index contributed by atoms with van der Waals surface area (Å²) in [5.74, 6) is 0. The Morgan fingerprint density at radius 2 is 1.10 bits per heavy atom. The van der Waals surface area contributed by atoms with Crippen LogP contribution in [0.5, 0.6) is 0 Å². The van der Waals surface area contributed by atoms with Crippen LogP contribution in [0, 0.1) is 0 Å². The molecule has 41 heavy (non-hydrogen) atoms. The number of para-hydroxylation sites is 1. The molecule has 4 aromatic rings. The first-order valence-electron chi connectivity index (χ1n) is 12.6. The van der Waals surface area contributed by atoms with Crippen LogP contribution in [0.2, 0.25) is 0 Å². The monoisotopic (exact) mass is 546 g/mol. The maximum atomic E-state index is 12.7. The third-order valence-electron chi connectivity index (χ3n) is 5.89. The number of anilines is 4. The number of benzene rings is 4. The topological polar surface area (TPSA) is 141 Å². The number of urea groups is 2. The zero-order chi connectivity index (χ0) is 28.9. The van der Waals surface area contributed by atoms with Gasteiger partial charge in [-0.25, -0.2) is 29.2 Å². The quantitative estimate of drug-likeness (QED) is 0.138. The Hall–Kier alpha value is -5.82. The largest absolute Gasteiger partial charge is 0.323 e. The van der Waals surface area contributed by atoms with E-state index in [-0.39, 0.29) is 13.1 Å². The number of carbonyl (C=O) groups excluding carboxylic acids is 4. The van der Waals surface area contributed by atoms with Crippen LogP contribution in [0.4, 0.5) is 32.3 Å². The first kappa shape index (κ1) is 28.2. The van der Waals surface area contributed by atoms with Gasteiger partial charge >= 0.3 is 12.1 Å². The molecule has 10 heteroatoms. The van der Waals surface area contributed by atoms with Crippen molar-refractivity contribution in [1.82, 2.24) is 0 Å². The predicted octanol–water partition coefficient (Wildman–Crippen LogP) is 6.24. The van der Waals surface area contributed by atoms with Gasteiger partial charge in [0.25, 0.3) is 0 Å². The van der Waals surface area contributed by atoms with Gasteiger partial charge in [-0.3, -0.25) is 0 Å². The second kappa shape index (κ2) is 14.4. The van der Waals surface area contributed by atoms with E-state index < -0.39 is 12.1 Å². The molecule has 0 aliphatic heterocycles. The summed E-state index contributed by atoms with van der Waals surface area (Å²) >= 11 is 0.